The molecule has 0 aliphatic carbocycles. The lowest BCUT2D eigenvalue weighted by Crippen LogP contribution is -2.58. The van der Waals surface area contributed by atoms with E-state index in [1.54, 1.807) is 24.3 Å². The Hall–Kier alpha value is -2.59. The number of aliphatic carboxylic acids is 1. The van der Waals surface area contributed by atoms with Crippen molar-refractivity contribution in [3.05, 3.63) is 35.9 Å². The first kappa shape index (κ1) is 30.4. The van der Waals surface area contributed by atoms with Crippen LogP contribution in [0.25, 0.3) is 0 Å². The van der Waals surface area contributed by atoms with Crippen molar-refractivity contribution in [2.45, 2.75) is 71.1 Å². The molecule has 35 heavy (non-hydrogen) atoms. The number of carbonyl (C=O) groups is 4. The van der Waals surface area contributed by atoms with Crippen molar-refractivity contribution in [2.75, 3.05) is 12.0 Å². The summed E-state index contributed by atoms with van der Waals surface area (Å²) in [4.78, 5) is 50.5. The summed E-state index contributed by atoms with van der Waals surface area (Å²) in [7, 11) is 0. The Balaban J connectivity index is 2.98. The molecule has 10 heteroatoms. The molecule has 3 amide bonds. The Morgan fingerprint density at radius 1 is 0.886 bits per heavy atom. The topological polar surface area (TPSA) is 151 Å². The van der Waals surface area contributed by atoms with Crippen LogP contribution in [0.4, 0.5) is 0 Å². The molecule has 4 atom stereocenters. The number of carbonyl (C=O) groups excluding carboxylic acids is 3. The van der Waals surface area contributed by atoms with E-state index in [2.05, 4.69) is 16.0 Å². The van der Waals surface area contributed by atoms with Crippen LogP contribution in [0.1, 0.15) is 46.1 Å². The van der Waals surface area contributed by atoms with Crippen LogP contribution in [0, 0.1) is 11.8 Å². The van der Waals surface area contributed by atoms with Gasteiger partial charge in [-0.2, -0.15) is 11.8 Å². The molecule has 1 rings (SSSR count). The third-order valence-electron chi connectivity index (χ3n) is 5.50. The maximum Gasteiger partial charge on any atom is 0.326 e. The van der Waals surface area contributed by atoms with E-state index in [4.69, 9.17) is 5.73 Å². The number of benzene rings is 1. The number of carboxylic acids is 1. The van der Waals surface area contributed by atoms with Gasteiger partial charge in [0.25, 0.3) is 0 Å². The van der Waals surface area contributed by atoms with Crippen molar-refractivity contribution < 1.29 is 24.3 Å². The molecule has 0 bridgehead atoms. The van der Waals surface area contributed by atoms with E-state index in [1.807, 2.05) is 40.0 Å². The molecule has 0 radical (unpaired) electrons. The van der Waals surface area contributed by atoms with E-state index in [1.165, 1.54) is 11.8 Å². The predicted octanol–water partition coefficient (Wildman–Crippen LogP) is 1.55. The zero-order valence-corrected chi connectivity index (χ0v) is 22.1. The zero-order chi connectivity index (χ0) is 26.5. The molecule has 1 aromatic rings. The summed E-state index contributed by atoms with van der Waals surface area (Å²) in [5.74, 6) is -2.10. The second-order valence-corrected chi connectivity index (χ2v) is 10.4. The van der Waals surface area contributed by atoms with Crippen LogP contribution >= 0.6 is 11.8 Å². The van der Waals surface area contributed by atoms with Crippen molar-refractivity contribution in [1.29, 1.82) is 0 Å². The zero-order valence-electron chi connectivity index (χ0n) is 21.2. The van der Waals surface area contributed by atoms with Gasteiger partial charge in [0.1, 0.15) is 18.1 Å². The number of hydrogen-bond donors (Lipinski definition) is 5. The lowest BCUT2D eigenvalue weighted by Gasteiger charge is -2.26. The highest BCUT2D eigenvalue weighted by Gasteiger charge is 2.31. The molecule has 0 saturated carbocycles. The fourth-order valence-electron chi connectivity index (χ4n) is 3.37. The second kappa shape index (κ2) is 15.4. The van der Waals surface area contributed by atoms with Gasteiger partial charge in [0.05, 0.1) is 6.04 Å². The Morgan fingerprint density at radius 2 is 1.43 bits per heavy atom. The Labute approximate surface area is 212 Å². The average molecular weight is 509 g/mol. The summed E-state index contributed by atoms with van der Waals surface area (Å²) < 4.78 is 0. The molecule has 0 aliphatic rings. The fraction of sp³-hybridized carbons (Fsp3) is 0.600. The molecule has 0 aliphatic heterocycles. The maximum absolute atomic E-state index is 13.1. The van der Waals surface area contributed by atoms with Gasteiger partial charge >= 0.3 is 5.97 Å². The quantitative estimate of drug-likeness (QED) is 0.241. The molecule has 1 aromatic carbocycles. The van der Waals surface area contributed by atoms with Crippen molar-refractivity contribution in [3.8, 4) is 0 Å². The fourth-order valence-corrected chi connectivity index (χ4v) is 3.84. The highest BCUT2D eigenvalue weighted by Crippen LogP contribution is 2.10. The Kier molecular flexibility index (Phi) is 13.4. The van der Waals surface area contributed by atoms with Crippen LogP contribution in [0.15, 0.2) is 30.3 Å². The molecule has 0 spiro atoms. The number of hydrogen-bond acceptors (Lipinski definition) is 6. The summed E-state index contributed by atoms with van der Waals surface area (Å²) in [5, 5.41) is 17.6. The summed E-state index contributed by atoms with van der Waals surface area (Å²) in [6, 6.07) is 5.28. The van der Waals surface area contributed by atoms with Crippen molar-refractivity contribution in [1.82, 2.24) is 16.0 Å². The minimum atomic E-state index is -1.16. The molecule has 196 valence electrons. The van der Waals surface area contributed by atoms with Crippen LogP contribution in [0.3, 0.4) is 0 Å². The monoisotopic (exact) mass is 508 g/mol. The minimum absolute atomic E-state index is 0.0991. The molecule has 6 N–H and O–H groups in total. The van der Waals surface area contributed by atoms with Gasteiger partial charge in [-0.1, -0.05) is 58.0 Å². The lowest BCUT2D eigenvalue weighted by molar-refractivity contribution is -0.142. The van der Waals surface area contributed by atoms with Crippen LogP contribution in [0.2, 0.25) is 0 Å². The van der Waals surface area contributed by atoms with Gasteiger partial charge in [-0.25, -0.2) is 4.79 Å². The minimum Gasteiger partial charge on any atom is -0.480 e. The molecule has 0 fully saturated rings. The first-order valence-corrected chi connectivity index (χ1v) is 13.3. The highest BCUT2D eigenvalue weighted by molar-refractivity contribution is 7.98. The predicted molar refractivity (Wildman–Crippen MR) is 139 cm³/mol. The summed E-state index contributed by atoms with van der Waals surface area (Å²) in [6.07, 6.45) is 2.67. The van der Waals surface area contributed by atoms with E-state index in [-0.39, 0.29) is 18.3 Å². The maximum atomic E-state index is 13.1. The number of rotatable bonds is 15. The molecule has 4 unspecified atom stereocenters. The van der Waals surface area contributed by atoms with Gasteiger partial charge in [0.15, 0.2) is 0 Å². The largest absolute Gasteiger partial charge is 0.480 e. The number of nitrogens with one attached hydrogen (secondary N) is 3. The Bertz CT molecular complexity index is 834. The number of amides is 3. The van der Waals surface area contributed by atoms with E-state index in [0.717, 1.165) is 5.56 Å². The molecule has 9 nitrogen and oxygen atoms in total. The number of carboxylic acid groups (broad SMARTS) is 1. The van der Waals surface area contributed by atoms with Gasteiger partial charge in [-0.3, -0.25) is 14.4 Å². The third kappa shape index (κ3) is 11.1. The first-order valence-electron chi connectivity index (χ1n) is 11.9. The smallest absolute Gasteiger partial charge is 0.326 e. The van der Waals surface area contributed by atoms with E-state index in [0.29, 0.717) is 18.6 Å². The summed E-state index contributed by atoms with van der Waals surface area (Å²) in [6.45, 7) is 7.49. The van der Waals surface area contributed by atoms with Gasteiger partial charge in [-0.15, -0.1) is 0 Å². The standard InChI is InChI=1S/C25H40N4O5S/c1-15(2)13-19(28-24(32)21(26)16(3)4)23(31)27-18(11-12-35-5)22(30)29-20(25(33)34)14-17-9-7-6-8-10-17/h6-10,15-16,18-21H,11-14,26H2,1-5H3,(H,27,31)(H,28,32)(H,29,30)(H,33,34). The van der Waals surface area contributed by atoms with Crippen molar-refractivity contribution >= 4 is 35.5 Å². The molecular weight excluding hydrogens is 468 g/mol. The lowest BCUT2D eigenvalue weighted by atomic mass is 10.00. The molecule has 0 aromatic heterocycles. The van der Waals surface area contributed by atoms with E-state index < -0.39 is 47.9 Å². The Morgan fingerprint density at radius 3 is 1.94 bits per heavy atom. The van der Waals surface area contributed by atoms with Gasteiger partial charge < -0.3 is 26.8 Å². The molecule has 0 saturated heterocycles. The van der Waals surface area contributed by atoms with Crippen LogP contribution in [-0.4, -0.2) is 65.0 Å². The van der Waals surface area contributed by atoms with Crippen LogP contribution in [0.5, 0.6) is 0 Å². The third-order valence-corrected chi connectivity index (χ3v) is 6.15. The van der Waals surface area contributed by atoms with Gasteiger partial charge in [0, 0.05) is 6.42 Å². The van der Waals surface area contributed by atoms with Gasteiger partial charge in [-0.05, 0) is 42.2 Å². The highest BCUT2D eigenvalue weighted by atomic mass is 32.2. The van der Waals surface area contributed by atoms with Gasteiger partial charge in [0.2, 0.25) is 17.7 Å². The average Bonchev–Trinajstić information content (AvgIpc) is 2.80. The van der Waals surface area contributed by atoms with E-state index in [9.17, 15) is 24.3 Å². The normalized spacial score (nSPS) is 14.6. The summed E-state index contributed by atoms with van der Waals surface area (Å²) >= 11 is 1.51. The van der Waals surface area contributed by atoms with Crippen molar-refractivity contribution in [3.63, 3.8) is 0 Å². The van der Waals surface area contributed by atoms with E-state index >= 15 is 0 Å². The SMILES string of the molecule is CSCCC(NC(=O)C(CC(C)C)NC(=O)C(N)C(C)C)C(=O)NC(Cc1ccccc1)C(=O)O. The number of thioether (sulfide) groups is 1. The molecule has 0 heterocycles. The van der Waals surface area contributed by atoms with Crippen LogP contribution < -0.4 is 21.7 Å². The number of nitrogens with two attached hydrogens (primary N) is 1. The summed E-state index contributed by atoms with van der Waals surface area (Å²) in [5.41, 5.74) is 6.70. The van der Waals surface area contributed by atoms with Crippen molar-refractivity contribution in [2.24, 2.45) is 17.6 Å². The van der Waals surface area contributed by atoms with Crippen LogP contribution in [-0.2, 0) is 25.6 Å². The molecular formula is C25H40N4O5S. The first-order chi connectivity index (χ1) is 16.5. The second-order valence-electron chi connectivity index (χ2n) is 9.39.